The number of carbonyl (C=O) groups excluding carboxylic acids is 2. The maximum Gasteiger partial charge on any atom is 0.338 e. The Morgan fingerprint density at radius 2 is 1.50 bits per heavy atom. The molecule has 0 amide bonds. The lowest BCUT2D eigenvalue weighted by molar-refractivity contribution is -0.142. The van der Waals surface area contributed by atoms with E-state index >= 15 is 0 Å². The van der Waals surface area contributed by atoms with Crippen LogP contribution >= 0.6 is 0 Å². The molecule has 0 heterocycles. The smallest absolute Gasteiger partial charge is 0.338 e. The maximum atomic E-state index is 11.8. The highest BCUT2D eigenvalue weighted by atomic mass is 16.5. The summed E-state index contributed by atoms with van der Waals surface area (Å²) >= 11 is 0. The molecule has 0 aromatic carbocycles. The van der Waals surface area contributed by atoms with E-state index in [1.807, 2.05) is 13.8 Å². The summed E-state index contributed by atoms with van der Waals surface area (Å²) in [5, 5.41) is 0. The summed E-state index contributed by atoms with van der Waals surface area (Å²) in [6.07, 6.45) is 4.76. The molecule has 0 radical (unpaired) electrons. The van der Waals surface area contributed by atoms with E-state index in [4.69, 9.17) is 9.47 Å². The van der Waals surface area contributed by atoms with Gasteiger partial charge in [-0.15, -0.1) is 0 Å². The third-order valence-corrected chi connectivity index (χ3v) is 2.14. The van der Waals surface area contributed by atoms with E-state index in [2.05, 4.69) is 0 Å². The van der Waals surface area contributed by atoms with Crippen LogP contribution in [0.4, 0.5) is 0 Å². The van der Waals surface area contributed by atoms with Gasteiger partial charge >= 0.3 is 11.9 Å². The van der Waals surface area contributed by atoms with Crippen molar-refractivity contribution in [2.45, 2.75) is 40.5 Å². The minimum Gasteiger partial charge on any atom is -0.462 e. The second-order valence-electron chi connectivity index (χ2n) is 3.81. The van der Waals surface area contributed by atoms with Crippen molar-refractivity contribution in [2.75, 3.05) is 13.2 Å². The van der Waals surface area contributed by atoms with Crippen LogP contribution in [0.5, 0.6) is 0 Å². The molecular formula is C14H22O4. The summed E-state index contributed by atoms with van der Waals surface area (Å²) in [6.45, 7) is 7.86. The van der Waals surface area contributed by atoms with E-state index in [-0.39, 0.29) is 11.1 Å². The lowest BCUT2D eigenvalue weighted by atomic mass is 10.1. The predicted octanol–water partition coefficient (Wildman–Crippen LogP) is 2.79. The van der Waals surface area contributed by atoms with Crippen LogP contribution < -0.4 is 0 Å². The van der Waals surface area contributed by atoms with Crippen LogP contribution in [0.1, 0.15) is 40.5 Å². The van der Waals surface area contributed by atoms with Crippen LogP contribution in [0.25, 0.3) is 0 Å². The Kier molecular flexibility index (Phi) is 8.62. The topological polar surface area (TPSA) is 52.6 Å². The Morgan fingerprint density at radius 1 is 1.00 bits per heavy atom. The molecule has 0 saturated carbocycles. The fourth-order valence-electron chi connectivity index (χ4n) is 1.20. The molecule has 0 aliphatic rings. The molecule has 0 aromatic heterocycles. The van der Waals surface area contributed by atoms with Crippen molar-refractivity contribution in [1.29, 1.82) is 0 Å². The molecule has 0 bridgehead atoms. The maximum absolute atomic E-state index is 11.8. The molecule has 18 heavy (non-hydrogen) atoms. The fraction of sp³-hybridized carbons (Fsp3) is 0.571. The first kappa shape index (κ1) is 16.4. The highest BCUT2D eigenvalue weighted by Gasteiger charge is 2.17. The van der Waals surface area contributed by atoms with Crippen molar-refractivity contribution < 1.29 is 19.1 Å². The van der Waals surface area contributed by atoms with Gasteiger partial charge in [0.15, 0.2) is 0 Å². The molecule has 0 aliphatic carbocycles. The van der Waals surface area contributed by atoms with Crippen molar-refractivity contribution in [3.05, 3.63) is 23.3 Å². The Hall–Kier alpha value is -1.58. The molecule has 0 rings (SSSR count). The van der Waals surface area contributed by atoms with Gasteiger partial charge in [-0.05, 0) is 26.7 Å². The quantitative estimate of drug-likeness (QED) is 0.398. The normalized spacial score (nSPS) is 12.2. The molecule has 0 unspecified atom stereocenters. The third-order valence-electron chi connectivity index (χ3n) is 2.14. The van der Waals surface area contributed by atoms with E-state index < -0.39 is 11.9 Å². The lowest BCUT2D eigenvalue weighted by Gasteiger charge is -2.08. The predicted molar refractivity (Wildman–Crippen MR) is 70.0 cm³/mol. The zero-order valence-corrected chi connectivity index (χ0v) is 11.6. The van der Waals surface area contributed by atoms with Gasteiger partial charge in [0.1, 0.15) is 0 Å². The number of ether oxygens (including phenoxy) is 2. The van der Waals surface area contributed by atoms with Crippen LogP contribution in [0.3, 0.4) is 0 Å². The fourth-order valence-corrected chi connectivity index (χ4v) is 1.20. The third kappa shape index (κ3) is 5.66. The average molecular weight is 254 g/mol. The number of carbonyl (C=O) groups is 2. The SMILES string of the molecule is C/C=C\C(C(=O)OCCC)=C(/C)C(=O)OCCC. The number of hydrogen-bond donors (Lipinski definition) is 0. The van der Waals surface area contributed by atoms with E-state index in [0.29, 0.717) is 13.2 Å². The molecule has 0 N–H and O–H groups in total. The van der Waals surface area contributed by atoms with E-state index in [0.717, 1.165) is 12.8 Å². The van der Waals surface area contributed by atoms with E-state index in [1.54, 1.807) is 26.0 Å². The molecule has 0 saturated heterocycles. The zero-order valence-electron chi connectivity index (χ0n) is 11.6. The lowest BCUT2D eigenvalue weighted by Crippen LogP contribution is -2.15. The molecular weight excluding hydrogens is 232 g/mol. The van der Waals surface area contributed by atoms with Gasteiger partial charge in [0, 0.05) is 5.57 Å². The van der Waals surface area contributed by atoms with Gasteiger partial charge in [-0.3, -0.25) is 0 Å². The number of esters is 2. The molecule has 0 aliphatic heterocycles. The van der Waals surface area contributed by atoms with Crippen molar-refractivity contribution in [2.24, 2.45) is 0 Å². The van der Waals surface area contributed by atoms with Crippen molar-refractivity contribution in [3.8, 4) is 0 Å². The first-order chi connectivity index (χ1) is 8.58. The zero-order chi connectivity index (χ0) is 14.0. The summed E-state index contributed by atoms with van der Waals surface area (Å²) in [6, 6.07) is 0. The molecule has 4 heteroatoms. The van der Waals surface area contributed by atoms with Gasteiger partial charge in [-0.25, -0.2) is 9.59 Å². The Bertz CT molecular complexity index is 340. The summed E-state index contributed by atoms with van der Waals surface area (Å²) in [5.74, 6) is -0.959. The van der Waals surface area contributed by atoms with Crippen molar-refractivity contribution in [1.82, 2.24) is 0 Å². The van der Waals surface area contributed by atoms with Gasteiger partial charge in [0.2, 0.25) is 0 Å². The monoisotopic (exact) mass is 254 g/mol. The number of hydrogen-bond acceptors (Lipinski definition) is 4. The van der Waals surface area contributed by atoms with Gasteiger partial charge in [0.05, 0.1) is 18.8 Å². The van der Waals surface area contributed by atoms with Crippen molar-refractivity contribution in [3.63, 3.8) is 0 Å². The molecule has 0 spiro atoms. The first-order valence-corrected chi connectivity index (χ1v) is 6.26. The highest BCUT2D eigenvalue weighted by molar-refractivity contribution is 6.02. The van der Waals surface area contributed by atoms with E-state index in [9.17, 15) is 9.59 Å². The Labute approximate surface area is 109 Å². The summed E-state index contributed by atoms with van der Waals surface area (Å²) in [5.41, 5.74) is 0.537. The average Bonchev–Trinajstić information content (AvgIpc) is 2.38. The van der Waals surface area contributed by atoms with Crippen LogP contribution in [-0.4, -0.2) is 25.2 Å². The van der Waals surface area contributed by atoms with E-state index in [1.165, 1.54) is 0 Å². The molecule has 0 fully saturated rings. The summed E-state index contributed by atoms with van der Waals surface area (Å²) < 4.78 is 10.0. The van der Waals surface area contributed by atoms with Crippen LogP contribution in [0.2, 0.25) is 0 Å². The number of allylic oxidation sites excluding steroid dienone is 1. The Morgan fingerprint density at radius 3 is 1.94 bits per heavy atom. The summed E-state index contributed by atoms with van der Waals surface area (Å²) in [7, 11) is 0. The van der Waals surface area contributed by atoms with Gasteiger partial charge < -0.3 is 9.47 Å². The van der Waals surface area contributed by atoms with Gasteiger partial charge in [-0.2, -0.15) is 0 Å². The van der Waals surface area contributed by atoms with Crippen LogP contribution in [0.15, 0.2) is 23.3 Å². The highest BCUT2D eigenvalue weighted by Crippen LogP contribution is 2.11. The first-order valence-electron chi connectivity index (χ1n) is 6.26. The largest absolute Gasteiger partial charge is 0.462 e. The minimum atomic E-state index is -0.485. The summed E-state index contributed by atoms with van der Waals surface area (Å²) in [4.78, 5) is 23.4. The van der Waals surface area contributed by atoms with Gasteiger partial charge in [-0.1, -0.05) is 26.0 Å². The minimum absolute atomic E-state index is 0.257. The molecule has 0 atom stereocenters. The van der Waals surface area contributed by atoms with Crippen LogP contribution in [0, 0.1) is 0 Å². The Balaban J connectivity index is 4.92. The number of rotatable bonds is 7. The molecule has 0 aromatic rings. The standard InChI is InChI=1S/C14H22O4/c1-5-8-12(14(16)18-10-7-3)11(4)13(15)17-9-6-2/h5,8H,6-7,9-10H2,1-4H3/b8-5-,12-11-. The molecule has 102 valence electrons. The van der Waals surface area contributed by atoms with Crippen LogP contribution in [-0.2, 0) is 19.1 Å². The molecule has 4 nitrogen and oxygen atoms in total. The van der Waals surface area contributed by atoms with Crippen molar-refractivity contribution >= 4 is 11.9 Å². The second kappa shape index (κ2) is 9.45. The second-order valence-corrected chi connectivity index (χ2v) is 3.81. The van der Waals surface area contributed by atoms with Gasteiger partial charge in [0.25, 0.3) is 0 Å².